The molecule has 1 aromatic carbocycles. The Hall–Kier alpha value is -1.53. The van der Waals surface area contributed by atoms with Gasteiger partial charge in [-0.05, 0) is 24.8 Å². The number of carbonyl (C=O) groups excluding carboxylic acids is 2. The molecule has 1 aromatic rings. The molecule has 0 unspecified atom stereocenters. The Balaban J connectivity index is 1.73. The summed E-state index contributed by atoms with van der Waals surface area (Å²) < 4.78 is 0. The average molecular weight is 392 g/mol. The number of nitrogens with two attached hydrogens (primary N) is 1. The van der Waals surface area contributed by atoms with Crippen molar-refractivity contribution in [2.24, 2.45) is 5.73 Å². The van der Waals surface area contributed by atoms with Crippen LogP contribution in [0.25, 0.3) is 0 Å². The maximum atomic E-state index is 12.5. The first-order chi connectivity index (χ1) is 13.1. The zero-order chi connectivity index (χ0) is 19.5. The van der Waals surface area contributed by atoms with Gasteiger partial charge in [0.15, 0.2) is 0 Å². The van der Waals surface area contributed by atoms with Gasteiger partial charge in [0.1, 0.15) is 0 Å². The number of hydrogen-bond acceptors (Lipinski definition) is 4. The molecule has 1 aliphatic carbocycles. The van der Waals surface area contributed by atoms with Gasteiger partial charge in [-0.1, -0.05) is 49.6 Å². The van der Waals surface area contributed by atoms with Crippen LogP contribution in [-0.2, 0) is 16.0 Å². The molecule has 2 rings (SSSR count). The van der Waals surface area contributed by atoms with Gasteiger partial charge in [0.25, 0.3) is 0 Å². The third kappa shape index (κ3) is 7.54. The van der Waals surface area contributed by atoms with Crippen molar-refractivity contribution >= 4 is 23.6 Å². The van der Waals surface area contributed by atoms with Crippen LogP contribution in [0.5, 0.6) is 0 Å². The van der Waals surface area contributed by atoms with Gasteiger partial charge in [0, 0.05) is 32.7 Å². The van der Waals surface area contributed by atoms with E-state index in [0.29, 0.717) is 37.2 Å². The SMILES string of the molecule is CN(C(=O)CSCC(=O)N(CCN)CCc1ccccc1)C1CCCCC1. The van der Waals surface area contributed by atoms with E-state index in [-0.39, 0.29) is 11.8 Å². The molecule has 0 aliphatic heterocycles. The third-order valence-corrected chi connectivity index (χ3v) is 6.13. The van der Waals surface area contributed by atoms with Crippen LogP contribution in [0.1, 0.15) is 37.7 Å². The van der Waals surface area contributed by atoms with Gasteiger partial charge in [-0.25, -0.2) is 0 Å². The van der Waals surface area contributed by atoms with Crippen LogP contribution in [0.4, 0.5) is 0 Å². The number of amides is 2. The highest BCUT2D eigenvalue weighted by Crippen LogP contribution is 2.22. The summed E-state index contributed by atoms with van der Waals surface area (Å²) in [5, 5.41) is 0. The summed E-state index contributed by atoms with van der Waals surface area (Å²) in [6, 6.07) is 10.5. The minimum atomic E-state index is 0.0644. The Bertz CT molecular complexity index is 576. The van der Waals surface area contributed by atoms with Gasteiger partial charge >= 0.3 is 0 Å². The monoisotopic (exact) mass is 391 g/mol. The minimum Gasteiger partial charge on any atom is -0.342 e. The fraction of sp³-hybridized carbons (Fsp3) is 0.619. The highest BCUT2D eigenvalue weighted by molar-refractivity contribution is 8.00. The maximum absolute atomic E-state index is 12.5. The second-order valence-corrected chi connectivity index (χ2v) is 8.18. The van der Waals surface area contributed by atoms with E-state index in [9.17, 15) is 9.59 Å². The van der Waals surface area contributed by atoms with E-state index in [1.807, 2.05) is 35.0 Å². The second kappa shape index (κ2) is 12.0. The van der Waals surface area contributed by atoms with E-state index in [2.05, 4.69) is 12.1 Å². The van der Waals surface area contributed by atoms with Gasteiger partial charge in [0.2, 0.25) is 11.8 Å². The molecule has 0 aromatic heterocycles. The zero-order valence-corrected chi connectivity index (χ0v) is 17.3. The van der Waals surface area contributed by atoms with E-state index in [0.717, 1.165) is 19.3 Å². The number of thioether (sulfide) groups is 1. The molecule has 1 fully saturated rings. The van der Waals surface area contributed by atoms with Gasteiger partial charge < -0.3 is 15.5 Å². The Kier molecular flexibility index (Phi) is 9.70. The number of benzene rings is 1. The highest BCUT2D eigenvalue weighted by atomic mass is 32.2. The van der Waals surface area contributed by atoms with E-state index in [1.165, 1.54) is 36.6 Å². The van der Waals surface area contributed by atoms with Crippen molar-refractivity contribution in [3.05, 3.63) is 35.9 Å². The maximum Gasteiger partial charge on any atom is 0.232 e. The summed E-state index contributed by atoms with van der Waals surface area (Å²) in [6.45, 7) is 1.67. The number of carbonyl (C=O) groups is 2. The van der Waals surface area contributed by atoms with Crippen LogP contribution in [-0.4, -0.2) is 65.8 Å². The van der Waals surface area contributed by atoms with Crippen molar-refractivity contribution in [3.63, 3.8) is 0 Å². The van der Waals surface area contributed by atoms with E-state index in [4.69, 9.17) is 5.73 Å². The van der Waals surface area contributed by atoms with Crippen LogP contribution in [0.15, 0.2) is 30.3 Å². The molecule has 6 heteroatoms. The smallest absolute Gasteiger partial charge is 0.232 e. The Morgan fingerprint density at radius 1 is 1.04 bits per heavy atom. The fourth-order valence-electron chi connectivity index (χ4n) is 3.52. The normalized spacial score (nSPS) is 14.7. The molecule has 0 radical (unpaired) electrons. The largest absolute Gasteiger partial charge is 0.342 e. The molecule has 1 saturated carbocycles. The van der Waals surface area contributed by atoms with E-state index < -0.39 is 0 Å². The summed E-state index contributed by atoms with van der Waals surface area (Å²) in [7, 11) is 1.90. The van der Waals surface area contributed by atoms with E-state index >= 15 is 0 Å². The lowest BCUT2D eigenvalue weighted by molar-refractivity contribution is -0.129. The van der Waals surface area contributed by atoms with Crippen molar-refractivity contribution in [2.45, 2.75) is 44.6 Å². The standard InChI is InChI=1S/C21H33N3O2S/c1-23(19-10-6-3-7-11-19)20(25)16-27-17-21(26)24(15-13-22)14-12-18-8-4-2-5-9-18/h2,4-5,8-9,19H,3,6-7,10-17,22H2,1H3. The molecule has 0 saturated heterocycles. The van der Waals surface area contributed by atoms with Crippen LogP contribution in [0, 0.1) is 0 Å². The fourth-order valence-corrected chi connectivity index (χ4v) is 4.35. The van der Waals surface area contributed by atoms with Crippen molar-refractivity contribution in [3.8, 4) is 0 Å². The predicted molar refractivity (Wildman–Crippen MR) is 113 cm³/mol. The molecule has 2 amide bonds. The van der Waals surface area contributed by atoms with Crippen molar-refractivity contribution in [1.82, 2.24) is 9.80 Å². The molecule has 150 valence electrons. The molecule has 27 heavy (non-hydrogen) atoms. The molecule has 0 heterocycles. The first-order valence-corrected chi connectivity index (χ1v) is 11.1. The summed E-state index contributed by atoms with van der Waals surface area (Å²) in [5.74, 6) is 0.899. The summed E-state index contributed by atoms with van der Waals surface area (Å²) >= 11 is 1.41. The van der Waals surface area contributed by atoms with Gasteiger partial charge in [-0.3, -0.25) is 9.59 Å². The Labute approximate surface area is 167 Å². The predicted octanol–water partition coefficient (Wildman–Crippen LogP) is 2.54. The molecule has 2 N–H and O–H groups in total. The molecule has 1 aliphatic rings. The van der Waals surface area contributed by atoms with Gasteiger partial charge in [0.05, 0.1) is 11.5 Å². The molecule has 0 atom stereocenters. The Morgan fingerprint density at radius 3 is 2.37 bits per heavy atom. The number of nitrogens with zero attached hydrogens (tertiary/aromatic N) is 2. The Morgan fingerprint density at radius 2 is 1.70 bits per heavy atom. The number of rotatable bonds is 10. The van der Waals surface area contributed by atoms with Crippen LogP contribution < -0.4 is 5.73 Å². The molecule has 0 spiro atoms. The van der Waals surface area contributed by atoms with Crippen molar-refractivity contribution in [1.29, 1.82) is 0 Å². The topological polar surface area (TPSA) is 66.6 Å². The molecule has 0 bridgehead atoms. The summed E-state index contributed by atoms with van der Waals surface area (Å²) in [4.78, 5) is 28.6. The summed E-state index contributed by atoms with van der Waals surface area (Å²) in [6.07, 6.45) is 6.74. The second-order valence-electron chi connectivity index (χ2n) is 7.19. The van der Waals surface area contributed by atoms with Gasteiger partial charge in [-0.2, -0.15) is 0 Å². The summed E-state index contributed by atoms with van der Waals surface area (Å²) in [5.41, 5.74) is 6.89. The van der Waals surface area contributed by atoms with Crippen LogP contribution in [0.2, 0.25) is 0 Å². The quantitative estimate of drug-likeness (QED) is 0.666. The zero-order valence-electron chi connectivity index (χ0n) is 16.4. The first-order valence-electron chi connectivity index (χ1n) is 9.97. The first kappa shape index (κ1) is 21.8. The van der Waals surface area contributed by atoms with Gasteiger partial charge in [-0.15, -0.1) is 11.8 Å². The minimum absolute atomic E-state index is 0.0644. The van der Waals surface area contributed by atoms with Crippen molar-refractivity contribution in [2.75, 3.05) is 38.2 Å². The highest BCUT2D eigenvalue weighted by Gasteiger charge is 2.22. The molecular weight excluding hydrogens is 358 g/mol. The lowest BCUT2D eigenvalue weighted by Gasteiger charge is -2.31. The van der Waals surface area contributed by atoms with Crippen LogP contribution in [0.3, 0.4) is 0 Å². The lowest BCUT2D eigenvalue weighted by atomic mass is 9.94. The average Bonchev–Trinajstić information content (AvgIpc) is 2.71. The van der Waals surface area contributed by atoms with Crippen LogP contribution >= 0.6 is 11.8 Å². The lowest BCUT2D eigenvalue weighted by Crippen LogP contribution is -2.40. The number of hydrogen-bond donors (Lipinski definition) is 1. The van der Waals surface area contributed by atoms with Crippen molar-refractivity contribution < 1.29 is 9.59 Å². The molecule has 5 nitrogen and oxygen atoms in total. The molecular formula is C21H33N3O2S. The van der Waals surface area contributed by atoms with E-state index in [1.54, 1.807) is 0 Å². The third-order valence-electron chi connectivity index (χ3n) is 5.23.